The number of halogens is 8. The van der Waals surface area contributed by atoms with Crippen molar-refractivity contribution >= 4 is 5.82 Å². The number of pyridine rings is 1. The Morgan fingerprint density at radius 2 is 1.63 bits per heavy atom. The van der Waals surface area contributed by atoms with E-state index in [0.29, 0.717) is 0 Å². The summed E-state index contributed by atoms with van der Waals surface area (Å²) >= 11 is 0. The van der Waals surface area contributed by atoms with Crippen LogP contribution in [-0.2, 0) is 6.18 Å². The Hall–Kier alpha value is -1.81. The predicted molar refractivity (Wildman–Crippen MR) is 45.3 cm³/mol. The maximum Gasteiger partial charge on any atom is 0.573 e. The number of rotatable bonds is 2. The molecule has 0 aliphatic rings. The molecule has 3 nitrogen and oxygen atoms in total. The fourth-order valence-corrected chi connectivity index (χ4v) is 1.12. The second-order valence-electron chi connectivity index (χ2n) is 3.16. The van der Waals surface area contributed by atoms with Crippen LogP contribution in [0.4, 0.5) is 40.9 Å². The van der Waals surface area contributed by atoms with Gasteiger partial charge in [-0.1, -0.05) is 0 Å². The van der Waals surface area contributed by atoms with E-state index in [1.165, 1.54) is 0 Å². The second kappa shape index (κ2) is 4.70. The van der Waals surface area contributed by atoms with Crippen molar-refractivity contribution in [3.05, 3.63) is 17.3 Å². The average molecular weight is 296 g/mol. The number of hydrogen-bond donors (Lipinski definition) is 1. The number of ether oxygens (including phenoxy) is 1. The summed E-state index contributed by atoms with van der Waals surface area (Å²) < 4.78 is 101. The van der Waals surface area contributed by atoms with E-state index in [1.54, 1.807) is 0 Å². The minimum absolute atomic E-state index is 0.248. The van der Waals surface area contributed by atoms with Crippen LogP contribution in [0.1, 0.15) is 17.7 Å². The Morgan fingerprint density at radius 3 is 2.00 bits per heavy atom. The van der Waals surface area contributed by atoms with Crippen LogP contribution >= 0.6 is 0 Å². The van der Waals surface area contributed by atoms with Crippen LogP contribution in [0.3, 0.4) is 0 Å². The summed E-state index contributed by atoms with van der Waals surface area (Å²) in [7, 11) is 0. The van der Waals surface area contributed by atoms with Crippen LogP contribution in [0.25, 0.3) is 0 Å². The first-order valence-corrected chi connectivity index (χ1v) is 4.33. The standard InChI is InChI=1S/C8H4F8N2O/c9-5(10)3-1-2(7(11,12)13)4(6(17)18-3)19-8(14,15)16/h1,5H,(H2,17,18). The number of nitrogens with two attached hydrogens (primary N) is 1. The molecule has 0 fully saturated rings. The summed E-state index contributed by atoms with van der Waals surface area (Å²) in [5.74, 6) is -3.29. The molecule has 19 heavy (non-hydrogen) atoms. The number of nitrogens with zero attached hydrogens (tertiary/aromatic N) is 1. The molecular formula is C8H4F8N2O. The maximum atomic E-state index is 12.5. The number of hydrogen-bond acceptors (Lipinski definition) is 3. The van der Waals surface area contributed by atoms with Gasteiger partial charge in [-0.3, -0.25) is 0 Å². The largest absolute Gasteiger partial charge is 0.573 e. The summed E-state index contributed by atoms with van der Waals surface area (Å²) in [5, 5.41) is 0. The van der Waals surface area contributed by atoms with Gasteiger partial charge in [0.1, 0.15) is 11.3 Å². The van der Waals surface area contributed by atoms with E-state index in [0.717, 1.165) is 0 Å². The molecule has 0 aromatic carbocycles. The SMILES string of the molecule is Nc1nc(C(F)F)cc(C(F)(F)F)c1OC(F)(F)F. The van der Waals surface area contributed by atoms with Crippen molar-refractivity contribution in [2.75, 3.05) is 5.73 Å². The van der Waals surface area contributed by atoms with Crippen LogP contribution in [0.5, 0.6) is 5.75 Å². The van der Waals surface area contributed by atoms with Gasteiger partial charge in [-0.05, 0) is 6.07 Å². The Morgan fingerprint density at radius 1 is 1.11 bits per heavy atom. The molecule has 108 valence electrons. The van der Waals surface area contributed by atoms with E-state index >= 15 is 0 Å². The zero-order valence-corrected chi connectivity index (χ0v) is 8.61. The highest BCUT2D eigenvalue weighted by Crippen LogP contribution is 2.42. The smallest absolute Gasteiger partial charge is 0.401 e. The van der Waals surface area contributed by atoms with Gasteiger partial charge in [0.05, 0.1) is 0 Å². The van der Waals surface area contributed by atoms with Crippen molar-refractivity contribution in [3.8, 4) is 5.75 Å². The number of aromatic nitrogens is 1. The third kappa shape index (κ3) is 3.83. The van der Waals surface area contributed by atoms with E-state index in [2.05, 4.69) is 9.72 Å². The van der Waals surface area contributed by atoms with Gasteiger partial charge < -0.3 is 10.5 Å². The van der Waals surface area contributed by atoms with Crippen molar-refractivity contribution in [2.45, 2.75) is 19.0 Å². The van der Waals surface area contributed by atoms with Crippen LogP contribution in [-0.4, -0.2) is 11.3 Å². The van der Waals surface area contributed by atoms with Gasteiger partial charge in [0.2, 0.25) is 0 Å². The third-order valence-electron chi connectivity index (χ3n) is 1.77. The monoisotopic (exact) mass is 296 g/mol. The minimum Gasteiger partial charge on any atom is -0.401 e. The molecule has 0 aliphatic heterocycles. The Balaban J connectivity index is 3.44. The molecular weight excluding hydrogens is 292 g/mol. The second-order valence-corrected chi connectivity index (χ2v) is 3.16. The molecule has 0 bridgehead atoms. The van der Waals surface area contributed by atoms with Crippen molar-refractivity contribution < 1.29 is 39.9 Å². The Kier molecular flexibility index (Phi) is 3.77. The molecule has 0 atom stereocenters. The molecule has 2 N–H and O–H groups in total. The summed E-state index contributed by atoms with van der Waals surface area (Å²) in [6.07, 6.45) is -14.3. The van der Waals surface area contributed by atoms with E-state index < -0.39 is 41.8 Å². The molecule has 11 heteroatoms. The van der Waals surface area contributed by atoms with Gasteiger partial charge >= 0.3 is 12.5 Å². The third-order valence-corrected chi connectivity index (χ3v) is 1.77. The molecule has 0 saturated carbocycles. The van der Waals surface area contributed by atoms with Gasteiger partial charge in [0, 0.05) is 0 Å². The molecule has 1 aromatic heterocycles. The van der Waals surface area contributed by atoms with Crippen LogP contribution in [0.15, 0.2) is 6.07 Å². The maximum absolute atomic E-state index is 12.5. The molecule has 1 aromatic rings. The molecule has 0 radical (unpaired) electrons. The molecule has 0 spiro atoms. The Bertz CT molecular complexity index is 467. The van der Waals surface area contributed by atoms with E-state index in [1.807, 2.05) is 0 Å². The summed E-state index contributed by atoms with van der Waals surface area (Å²) in [6, 6.07) is -0.248. The quantitative estimate of drug-likeness (QED) is 0.849. The topological polar surface area (TPSA) is 48.1 Å². The zero-order chi connectivity index (χ0) is 15.0. The number of nitrogen functional groups attached to an aromatic ring is 1. The van der Waals surface area contributed by atoms with Gasteiger partial charge in [0.15, 0.2) is 11.6 Å². The van der Waals surface area contributed by atoms with Crippen LogP contribution < -0.4 is 10.5 Å². The predicted octanol–water partition coefficient (Wildman–Crippen LogP) is 3.52. The lowest BCUT2D eigenvalue weighted by Gasteiger charge is -2.17. The van der Waals surface area contributed by atoms with Crippen molar-refractivity contribution in [1.82, 2.24) is 4.98 Å². The van der Waals surface area contributed by atoms with Crippen molar-refractivity contribution in [2.24, 2.45) is 0 Å². The zero-order valence-electron chi connectivity index (χ0n) is 8.61. The average Bonchev–Trinajstić information content (AvgIpc) is 2.16. The highest BCUT2D eigenvalue weighted by molar-refractivity contribution is 5.53. The lowest BCUT2D eigenvalue weighted by Crippen LogP contribution is -2.22. The first-order chi connectivity index (χ1) is 8.42. The number of alkyl halides is 8. The molecule has 0 amide bonds. The molecule has 0 saturated heterocycles. The fourth-order valence-electron chi connectivity index (χ4n) is 1.12. The van der Waals surface area contributed by atoms with Crippen molar-refractivity contribution in [3.63, 3.8) is 0 Å². The summed E-state index contributed by atoms with van der Waals surface area (Å²) in [5.41, 5.74) is 1.31. The normalized spacial score (nSPS) is 12.9. The van der Waals surface area contributed by atoms with Gasteiger partial charge in [-0.15, -0.1) is 13.2 Å². The van der Waals surface area contributed by atoms with Crippen LogP contribution in [0.2, 0.25) is 0 Å². The summed E-state index contributed by atoms with van der Waals surface area (Å²) in [4.78, 5) is 2.73. The summed E-state index contributed by atoms with van der Waals surface area (Å²) in [6.45, 7) is 0. The van der Waals surface area contributed by atoms with E-state index in [9.17, 15) is 35.1 Å². The highest BCUT2D eigenvalue weighted by Gasteiger charge is 2.41. The van der Waals surface area contributed by atoms with E-state index in [-0.39, 0.29) is 6.07 Å². The first-order valence-electron chi connectivity index (χ1n) is 4.33. The van der Waals surface area contributed by atoms with Gasteiger partial charge in [0.25, 0.3) is 6.43 Å². The van der Waals surface area contributed by atoms with Gasteiger partial charge in [-0.2, -0.15) is 13.2 Å². The Labute approximate surface area is 99.5 Å². The van der Waals surface area contributed by atoms with Crippen LogP contribution in [0, 0.1) is 0 Å². The van der Waals surface area contributed by atoms with Gasteiger partial charge in [-0.25, -0.2) is 13.8 Å². The number of anilines is 1. The highest BCUT2D eigenvalue weighted by atomic mass is 19.4. The minimum atomic E-state index is -5.47. The first kappa shape index (κ1) is 15.2. The molecule has 0 aliphatic carbocycles. The lowest BCUT2D eigenvalue weighted by molar-refractivity contribution is -0.276. The lowest BCUT2D eigenvalue weighted by atomic mass is 10.2. The van der Waals surface area contributed by atoms with E-state index in [4.69, 9.17) is 5.73 Å². The van der Waals surface area contributed by atoms with Crippen molar-refractivity contribution in [1.29, 1.82) is 0 Å². The fraction of sp³-hybridized carbons (Fsp3) is 0.375. The molecule has 1 rings (SSSR count). The molecule has 1 heterocycles. The molecule has 0 unspecified atom stereocenters.